The first-order valence-corrected chi connectivity index (χ1v) is 7.18. The molecule has 0 saturated carbocycles. The van der Waals surface area contributed by atoms with Crippen molar-refractivity contribution in [2.45, 2.75) is 17.6 Å². The Bertz CT molecular complexity index is 618. The van der Waals surface area contributed by atoms with E-state index in [9.17, 15) is 9.18 Å². The van der Waals surface area contributed by atoms with Crippen molar-refractivity contribution in [2.24, 2.45) is 0 Å². The summed E-state index contributed by atoms with van der Waals surface area (Å²) in [4.78, 5) is 15.4. The van der Waals surface area contributed by atoms with E-state index in [1.807, 2.05) is 18.2 Å². The Morgan fingerprint density at radius 2 is 2.33 bits per heavy atom. The fourth-order valence-corrected chi connectivity index (χ4v) is 2.43. The smallest absolute Gasteiger partial charge is 0.351 e. The minimum absolute atomic E-state index is 0.143. The Balaban J connectivity index is 2.20. The molecule has 112 valence electrons. The third kappa shape index (κ3) is 3.75. The van der Waals surface area contributed by atoms with Gasteiger partial charge in [0, 0.05) is 18.5 Å². The highest BCUT2D eigenvalue weighted by Crippen LogP contribution is 2.27. The van der Waals surface area contributed by atoms with Crippen LogP contribution in [0.2, 0.25) is 0 Å². The topological polar surface area (TPSA) is 53.3 Å². The second-order valence-corrected chi connectivity index (χ2v) is 4.98. The van der Waals surface area contributed by atoms with Crippen LogP contribution in [0.1, 0.15) is 6.92 Å². The van der Waals surface area contributed by atoms with Gasteiger partial charge < -0.3 is 9.47 Å². The van der Waals surface area contributed by atoms with Crippen LogP contribution in [-0.4, -0.2) is 34.7 Å². The number of thioether (sulfide) groups is 1. The van der Waals surface area contributed by atoms with Gasteiger partial charge in [-0.15, -0.1) is 0 Å². The molecule has 1 aromatic carbocycles. The number of nitrogens with zero attached hydrogens (tertiary/aromatic N) is 2. The molecule has 7 heteroatoms. The lowest BCUT2D eigenvalue weighted by Gasteiger charge is -2.10. The number of benzene rings is 1. The molecule has 0 saturated heterocycles. The maximum absolute atomic E-state index is 13.8. The second kappa shape index (κ2) is 7.12. The number of aromatic nitrogens is 2. The molecular weight excluding hydrogens is 295 g/mol. The molecule has 1 aromatic heterocycles. The van der Waals surface area contributed by atoms with Crippen LogP contribution < -0.4 is 4.74 Å². The second-order valence-electron chi connectivity index (χ2n) is 3.97. The summed E-state index contributed by atoms with van der Waals surface area (Å²) in [5, 5.41) is 0.365. The van der Waals surface area contributed by atoms with E-state index in [1.54, 1.807) is 37.1 Å². The Morgan fingerprint density at radius 3 is 3.05 bits per heavy atom. The Kier molecular flexibility index (Phi) is 5.21. The van der Waals surface area contributed by atoms with E-state index < -0.39 is 11.5 Å². The molecule has 0 N–H and O–H groups in total. The van der Waals surface area contributed by atoms with Gasteiger partial charge in [-0.05, 0) is 30.8 Å². The fraction of sp³-hybridized carbons (Fsp3) is 0.286. The average Bonchev–Trinajstić information content (AvgIpc) is 2.95. The van der Waals surface area contributed by atoms with Gasteiger partial charge in [-0.25, -0.2) is 14.2 Å². The van der Waals surface area contributed by atoms with Gasteiger partial charge in [0.25, 0.3) is 0 Å². The van der Waals surface area contributed by atoms with Crippen LogP contribution in [0.5, 0.6) is 5.75 Å². The number of rotatable bonds is 6. The van der Waals surface area contributed by atoms with Crippen molar-refractivity contribution < 1.29 is 18.7 Å². The maximum Gasteiger partial charge on any atom is 0.351 e. The monoisotopic (exact) mass is 310 g/mol. The summed E-state index contributed by atoms with van der Waals surface area (Å²) in [5.41, 5.74) is -1.04. The van der Waals surface area contributed by atoms with Crippen LogP contribution in [0.15, 0.2) is 41.8 Å². The van der Waals surface area contributed by atoms with Gasteiger partial charge in [0.1, 0.15) is 5.75 Å². The summed E-state index contributed by atoms with van der Waals surface area (Å²) in [6.07, 6.45) is 3.23. The molecule has 0 unspecified atom stereocenters. The number of hydrogen-bond acceptors (Lipinski definition) is 5. The lowest BCUT2D eigenvalue weighted by molar-refractivity contribution is -0.145. The molecule has 1 heterocycles. The summed E-state index contributed by atoms with van der Waals surface area (Å²) in [5.74, 6) is -0.220. The summed E-state index contributed by atoms with van der Waals surface area (Å²) in [7, 11) is 1.57. The molecule has 0 aliphatic heterocycles. The van der Waals surface area contributed by atoms with Crippen molar-refractivity contribution in [2.75, 3.05) is 13.7 Å². The number of ether oxygens (including phenoxy) is 2. The molecule has 0 aliphatic rings. The molecule has 5 nitrogen and oxygen atoms in total. The Morgan fingerprint density at radius 1 is 1.52 bits per heavy atom. The number of esters is 1. The lowest BCUT2D eigenvalue weighted by Crippen LogP contribution is -2.16. The van der Waals surface area contributed by atoms with Crippen molar-refractivity contribution in [3.05, 3.63) is 36.7 Å². The highest BCUT2D eigenvalue weighted by molar-refractivity contribution is 8.00. The van der Waals surface area contributed by atoms with E-state index in [2.05, 4.69) is 9.72 Å². The van der Waals surface area contributed by atoms with Crippen molar-refractivity contribution in [3.8, 4) is 11.4 Å². The van der Waals surface area contributed by atoms with Crippen molar-refractivity contribution in [3.63, 3.8) is 0 Å². The van der Waals surface area contributed by atoms with E-state index in [0.29, 0.717) is 22.7 Å². The summed E-state index contributed by atoms with van der Waals surface area (Å²) in [6.45, 7) is 1.77. The zero-order valence-corrected chi connectivity index (χ0v) is 12.5. The molecule has 2 rings (SSSR count). The van der Waals surface area contributed by atoms with Crippen molar-refractivity contribution in [1.29, 1.82) is 0 Å². The van der Waals surface area contributed by atoms with Crippen molar-refractivity contribution >= 4 is 17.7 Å². The van der Waals surface area contributed by atoms with Gasteiger partial charge in [-0.2, -0.15) is 0 Å². The van der Waals surface area contributed by atoms with E-state index in [-0.39, 0.29) is 6.61 Å². The molecular formula is C14H15FN2O3S. The highest BCUT2D eigenvalue weighted by atomic mass is 32.2. The molecule has 21 heavy (non-hydrogen) atoms. The lowest BCUT2D eigenvalue weighted by atomic mass is 10.3. The van der Waals surface area contributed by atoms with Crippen LogP contribution in [-0.2, 0) is 9.53 Å². The molecule has 0 spiro atoms. The van der Waals surface area contributed by atoms with Crippen molar-refractivity contribution in [1.82, 2.24) is 9.55 Å². The maximum atomic E-state index is 13.8. The number of hydrogen-bond donors (Lipinski definition) is 0. The molecule has 0 bridgehead atoms. The van der Waals surface area contributed by atoms with Crippen LogP contribution in [0.4, 0.5) is 4.39 Å². The molecule has 0 aliphatic carbocycles. The van der Waals surface area contributed by atoms with E-state index >= 15 is 0 Å². The van der Waals surface area contributed by atoms with Gasteiger partial charge in [0.05, 0.1) is 19.4 Å². The van der Waals surface area contributed by atoms with Crippen LogP contribution in [0.25, 0.3) is 5.69 Å². The minimum atomic E-state index is -1.81. The zero-order chi connectivity index (χ0) is 15.2. The third-order valence-corrected chi connectivity index (χ3v) is 3.53. The predicted molar refractivity (Wildman–Crippen MR) is 77.5 cm³/mol. The van der Waals surface area contributed by atoms with Gasteiger partial charge in [-0.3, -0.25) is 4.57 Å². The highest BCUT2D eigenvalue weighted by Gasteiger charge is 2.22. The number of carbonyl (C=O) groups is 1. The van der Waals surface area contributed by atoms with E-state index in [4.69, 9.17) is 4.74 Å². The Hall–Kier alpha value is -2.02. The summed E-state index contributed by atoms with van der Waals surface area (Å²) >= 11 is 0.703. The first-order chi connectivity index (χ1) is 10.2. The van der Waals surface area contributed by atoms with Gasteiger partial charge >= 0.3 is 5.97 Å². The molecule has 1 atom stereocenters. The first kappa shape index (κ1) is 15.4. The molecule has 0 fully saturated rings. The quantitative estimate of drug-likeness (QED) is 0.606. The molecule has 0 amide bonds. The van der Waals surface area contributed by atoms with Gasteiger partial charge in [0.2, 0.25) is 5.50 Å². The zero-order valence-electron chi connectivity index (χ0n) is 11.7. The van der Waals surface area contributed by atoms with Crippen LogP contribution in [0.3, 0.4) is 0 Å². The molecule has 0 radical (unpaired) electrons. The third-order valence-electron chi connectivity index (χ3n) is 2.62. The minimum Gasteiger partial charge on any atom is -0.497 e. The number of carbonyl (C=O) groups excluding carboxylic acids is 1. The number of halogens is 1. The standard InChI is InChI=1S/C14H15FN2O3S/c1-3-20-13(18)12(15)21-14-16-7-8-17(14)10-5-4-6-11(9-10)19-2/h4-9,12H,3H2,1-2H3/t12-/m1/s1. The Labute approximate surface area is 126 Å². The van der Waals surface area contributed by atoms with Gasteiger partial charge in [0.15, 0.2) is 5.16 Å². The van der Waals surface area contributed by atoms with E-state index in [0.717, 1.165) is 5.69 Å². The van der Waals surface area contributed by atoms with Crippen LogP contribution >= 0.6 is 11.8 Å². The summed E-state index contributed by atoms with van der Waals surface area (Å²) < 4.78 is 25.3. The van der Waals surface area contributed by atoms with Gasteiger partial charge in [-0.1, -0.05) is 6.07 Å². The predicted octanol–water partition coefficient (Wildman–Crippen LogP) is 2.83. The number of alkyl halides is 1. The van der Waals surface area contributed by atoms with Crippen LogP contribution in [0, 0.1) is 0 Å². The summed E-state index contributed by atoms with van der Waals surface area (Å²) in [6, 6.07) is 7.26. The fourth-order valence-electron chi connectivity index (χ4n) is 1.68. The normalized spacial score (nSPS) is 12.0. The number of imidazole rings is 1. The first-order valence-electron chi connectivity index (χ1n) is 6.31. The van der Waals surface area contributed by atoms with E-state index in [1.165, 1.54) is 0 Å². The SMILES string of the molecule is CCOC(=O)[C@H](F)Sc1nccn1-c1cccc(OC)c1. The molecule has 2 aromatic rings. The number of methoxy groups -OCH3 is 1. The largest absolute Gasteiger partial charge is 0.497 e. The average molecular weight is 310 g/mol.